The van der Waals surface area contributed by atoms with Crippen molar-refractivity contribution in [3.05, 3.63) is 202 Å². The van der Waals surface area contributed by atoms with E-state index in [2.05, 4.69) is 25.7 Å². The Hall–Kier alpha value is -8.23. The topological polar surface area (TPSA) is 226 Å². The first-order valence-corrected chi connectivity index (χ1v) is 31.4. The molecular weight excluding hydrogens is 1150 g/mol. The van der Waals surface area contributed by atoms with Crippen LogP contribution in [0, 0.1) is 19.8 Å². The standard InChI is InChI=1S/C37H48N4O5.C31H33F3N2O5S/c1-25(2)34(41-20-12-19-38-37(41)45)36(44)39-30(21-28-15-7-5-8-16-28)23-32(42)31(22-29-17-9-6-10-18-29)40-33(43)24-46-35-26(3)13-11-14-27(35)4;1-3-16-30(17-15-21-9-6-5-7-10-21)19-26(37)28(29(38)41-30)25(4-2)22-11-8-12-24(18-22)36-42(39,40)27-14-13-23(20-35-27)31(32,33)34/h5-11,13-18,25,30-32,34,42H,12,19-24H2,1-4H3,(H,38,45)(H,39,44)(H,40,43);5-14,18,20,25,36-37H,3-4,15-17,19H2,1-2H3/t30-,31-,32-,34-;25-,30-/m01/s1. The van der Waals surface area contributed by atoms with Gasteiger partial charge in [0.15, 0.2) is 11.6 Å². The van der Waals surface area contributed by atoms with Crippen LogP contribution in [0.15, 0.2) is 168 Å². The van der Waals surface area contributed by atoms with Gasteiger partial charge in [-0.3, -0.25) is 14.3 Å². The zero-order chi connectivity index (χ0) is 63.6. The Bertz CT molecular complexity index is 3410. The molecule has 0 spiro atoms. The van der Waals surface area contributed by atoms with Crippen LogP contribution < -0.4 is 25.4 Å². The first-order valence-electron chi connectivity index (χ1n) is 29.9. The summed E-state index contributed by atoms with van der Waals surface area (Å²) in [6, 6.07) is 40.8. The molecule has 2 aliphatic rings. The third-order valence-corrected chi connectivity index (χ3v) is 17.1. The van der Waals surface area contributed by atoms with Crippen molar-refractivity contribution in [2.24, 2.45) is 5.92 Å². The van der Waals surface area contributed by atoms with E-state index in [0.29, 0.717) is 75.2 Å². The Morgan fingerprint density at radius 3 is 2.01 bits per heavy atom. The van der Waals surface area contributed by atoms with Crippen molar-refractivity contribution < 1.29 is 60.5 Å². The third-order valence-electron chi connectivity index (χ3n) is 15.8. The van der Waals surface area contributed by atoms with Crippen molar-refractivity contribution in [3.8, 4) is 5.75 Å². The SMILES string of the molecule is CCC[C@@]1(CCc2ccccc2)CC(O)=C([C@H](CC)c2cccc(NS(=O)(=O)c3ccc(C(F)(F)F)cn3)c2)C(=O)O1.Cc1cccc(C)c1OCC(=O)N[C@@H](Cc1ccccc1)[C@@H](O)C[C@H](Cc1ccccc1)NC(=O)[C@H](C(C)C)N1CCCNC1=O. The molecule has 2 aliphatic heterocycles. The van der Waals surface area contributed by atoms with Crippen molar-refractivity contribution in [3.63, 3.8) is 0 Å². The summed E-state index contributed by atoms with van der Waals surface area (Å²) in [4.78, 5) is 58.2. The maximum atomic E-state index is 13.8. The molecule has 16 nitrogen and oxygen atoms in total. The summed E-state index contributed by atoms with van der Waals surface area (Å²) < 4.78 is 78.5. The quantitative estimate of drug-likeness (QED) is 0.0280. The lowest BCUT2D eigenvalue weighted by atomic mass is 9.80. The number of para-hydroxylation sites is 1. The van der Waals surface area contributed by atoms with E-state index in [0.717, 1.165) is 46.7 Å². The second-order valence-electron chi connectivity index (χ2n) is 23.0. The minimum absolute atomic E-state index is 0.0421. The summed E-state index contributed by atoms with van der Waals surface area (Å²) in [5.41, 5.74) is 3.87. The number of esters is 1. The Morgan fingerprint density at radius 1 is 0.818 bits per heavy atom. The van der Waals surface area contributed by atoms with Gasteiger partial charge >= 0.3 is 18.2 Å². The summed E-state index contributed by atoms with van der Waals surface area (Å²) in [6.07, 6.45) is -0.173. The van der Waals surface area contributed by atoms with Crippen molar-refractivity contribution in [1.29, 1.82) is 0 Å². The Kier molecular flexibility index (Phi) is 23.8. The Balaban J connectivity index is 0.000000252. The normalized spacial score (nSPS) is 17.1. The first-order chi connectivity index (χ1) is 42.0. The average molecular weight is 1230 g/mol. The molecule has 1 saturated heterocycles. The van der Waals surface area contributed by atoms with E-state index < -0.39 is 68.5 Å². The number of nitrogens with one attached hydrogen (secondary N) is 4. The first kappa shape index (κ1) is 67.3. The molecule has 0 unspecified atom stereocenters. The molecule has 8 rings (SSSR count). The lowest BCUT2D eigenvalue weighted by Crippen LogP contribution is -2.59. The van der Waals surface area contributed by atoms with Crippen LogP contribution in [0.2, 0.25) is 0 Å². The molecule has 0 saturated carbocycles. The van der Waals surface area contributed by atoms with Gasteiger partial charge in [0, 0.05) is 43.4 Å². The number of benzene rings is 5. The summed E-state index contributed by atoms with van der Waals surface area (Å²) in [5, 5.41) is 31.4. The maximum Gasteiger partial charge on any atom is 0.417 e. The van der Waals surface area contributed by atoms with Gasteiger partial charge in [-0.1, -0.05) is 155 Å². The van der Waals surface area contributed by atoms with Gasteiger partial charge in [-0.2, -0.15) is 21.6 Å². The smallest absolute Gasteiger partial charge is 0.417 e. The number of cyclic esters (lactones) is 1. The van der Waals surface area contributed by atoms with Crippen molar-refractivity contribution in [2.75, 3.05) is 24.4 Å². The number of aliphatic hydroxyl groups is 2. The number of ether oxygens (including phenoxy) is 2. The molecule has 6 aromatic rings. The maximum absolute atomic E-state index is 13.8. The van der Waals surface area contributed by atoms with E-state index in [1.165, 1.54) is 12.1 Å². The van der Waals surface area contributed by atoms with Crippen LogP contribution >= 0.6 is 0 Å². The van der Waals surface area contributed by atoms with Gasteiger partial charge in [-0.15, -0.1) is 0 Å². The van der Waals surface area contributed by atoms with E-state index >= 15 is 0 Å². The van der Waals surface area contributed by atoms with Crippen LogP contribution in [0.25, 0.3) is 0 Å². The fourth-order valence-electron chi connectivity index (χ4n) is 11.5. The van der Waals surface area contributed by atoms with Crippen molar-refractivity contribution >= 4 is 39.5 Å². The monoisotopic (exact) mass is 1230 g/mol. The molecule has 6 N–H and O–H groups in total. The highest BCUT2D eigenvalue weighted by atomic mass is 32.2. The average Bonchev–Trinajstić information content (AvgIpc) is 1.18. The summed E-state index contributed by atoms with van der Waals surface area (Å²) in [6.45, 7) is 12.5. The van der Waals surface area contributed by atoms with Crippen molar-refractivity contribution in [1.82, 2.24) is 25.8 Å². The minimum Gasteiger partial charge on any atom is -0.512 e. The largest absolute Gasteiger partial charge is 0.512 e. The van der Waals surface area contributed by atoms with Gasteiger partial charge in [0.2, 0.25) is 5.91 Å². The number of aryl methyl sites for hydroxylation is 3. The van der Waals surface area contributed by atoms with E-state index in [1.54, 1.807) is 17.0 Å². The number of pyridine rings is 1. The molecule has 3 heterocycles. The highest BCUT2D eigenvalue weighted by Gasteiger charge is 2.43. The highest BCUT2D eigenvalue weighted by Crippen LogP contribution is 2.42. The molecule has 1 fully saturated rings. The number of alkyl halides is 3. The van der Waals surface area contributed by atoms with Gasteiger partial charge in [-0.25, -0.2) is 14.6 Å². The third kappa shape index (κ3) is 18.6. The zero-order valence-corrected chi connectivity index (χ0v) is 51.5. The van der Waals surface area contributed by atoms with E-state index in [4.69, 9.17) is 9.47 Å². The number of carbonyl (C=O) groups is 4. The number of carbonyl (C=O) groups excluding carboxylic acids is 4. The number of aromatic nitrogens is 1. The summed E-state index contributed by atoms with van der Waals surface area (Å²) in [7, 11) is -4.30. The van der Waals surface area contributed by atoms with E-state index in [9.17, 15) is 51.0 Å². The fourth-order valence-corrected chi connectivity index (χ4v) is 12.5. The Morgan fingerprint density at radius 2 is 1.44 bits per heavy atom. The molecule has 88 heavy (non-hydrogen) atoms. The van der Waals surface area contributed by atoms with Gasteiger partial charge in [0.1, 0.15) is 23.2 Å². The second-order valence-corrected chi connectivity index (χ2v) is 24.6. The molecule has 6 atom stereocenters. The summed E-state index contributed by atoms with van der Waals surface area (Å²) in [5.74, 6) is -1.28. The lowest BCUT2D eigenvalue weighted by Gasteiger charge is -2.38. The molecular formula is C68H81F3N6O10S. The Labute approximate surface area is 514 Å². The zero-order valence-electron chi connectivity index (χ0n) is 50.7. The van der Waals surface area contributed by atoms with Gasteiger partial charge < -0.3 is 40.5 Å². The van der Waals surface area contributed by atoms with Crippen LogP contribution in [0.3, 0.4) is 0 Å². The number of urea groups is 1. The number of halogens is 3. The van der Waals surface area contributed by atoms with Crippen molar-refractivity contribution in [2.45, 2.75) is 153 Å². The minimum atomic E-state index is -4.65. The molecule has 0 bridgehead atoms. The van der Waals surface area contributed by atoms with Crippen LogP contribution in [0.1, 0.15) is 118 Å². The highest BCUT2D eigenvalue weighted by molar-refractivity contribution is 7.92. The number of aliphatic hydroxyl groups excluding tert-OH is 2. The number of nitrogens with zero attached hydrogens (tertiary/aromatic N) is 2. The number of anilines is 1. The second kappa shape index (κ2) is 31.1. The number of amides is 4. The molecule has 4 amide bonds. The van der Waals surface area contributed by atoms with E-state index in [1.807, 2.05) is 151 Å². The molecule has 470 valence electrons. The number of hydrogen-bond acceptors (Lipinski definition) is 11. The fraction of sp³-hybridized carbons (Fsp3) is 0.397. The van der Waals surface area contributed by atoms with Crippen LogP contribution in [0.5, 0.6) is 5.75 Å². The van der Waals surface area contributed by atoms with Gasteiger partial charge in [0.05, 0.1) is 23.3 Å². The summed E-state index contributed by atoms with van der Waals surface area (Å²) >= 11 is 0. The molecule has 0 radical (unpaired) electrons. The molecule has 1 aromatic heterocycles. The predicted octanol–water partition coefficient (Wildman–Crippen LogP) is 11.7. The van der Waals surface area contributed by atoms with E-state index in [-0.39, 0.29) is 60.2 Å². The van der Waals surface area contributed by atoms with Gasteiger partial charge in [-0.05, 0) is 129 Å². The number of rotatable bonds is 26. The van der Waals surface area contributed by atoms with Crippen LogP contribution in [-0.4, -0.2) is 102 Å². The van der Waals surface area contributed by atoms with Crippen LogP contribution in [0.4, 0.5) is 23.7 Å². The predicted molar refractivity (Wildman–Crippen MR) is 332 cm³/mol. The number of hydrogen-bond donors (Lipinski definition) is 6. The lowest BCUT2D eigenvalue weighted by molar-refractivity contribution is -0.161. The number of sulfonamides is 1. The van der Waals surface area contributed by atoms with Gasteiger partial charge in [0.25, 0.3) is 15.9 Å². The van der Waals surface area contributed by atoms with Crippen LogP contribution in [-0.2, 0) is 54.6 Å². The molecule has 0 aliphatic carbocycles. The molecule has 5 aromatic carbocycles. The molecule has 20 heteroatoms.